The first-order chi connectivity index (χ1) is 12.3. The highest BCUT2D eigenvalue weighted by Gasteiger charge is 2.15. The van der Waals surface area contributed by atoms with Crippen LogP contribution < -0.4 is 10.1 Å². The maximum absolute atomic E-state index is 12.3. The molecule has 0 fully saturated rings. The van der Waals surface area contributed by atoms with Crippen LogP contribution in [0.4, 0.5) is 5.69 Å². The van der Waals surface area contributed by atoms with Crippen molar-refractivity contribution in [1.82, 2.24) is 4.90 Å². The number of benzene rings is 2. The van der Waals surface area contributed by atoms with E-state index >= 15 is 0 Å². The third-order valence-corrected chi connectivity index (χ3v) is 4.07. The molecule has 1 N–H and O–H groups in total. The molecular weight excluding hydrogens is 352 g/mol. The number of halogens is 1. The molecule has 138 valence electrons. The Morgan fingerprint density at radius 1 is 1.15 bits per heavy atom. The molecule has 0 saturated carbocycles. The second-order valence-corrected chi connectivity index (χ2v) is 6.63. The summed E-state index contributed by atoms with van der Waals surface area (Å²) in [4.78, 5) is 25.6. The van der Waals surface area contributed by atoms with E-state index in [0.29, 0.717) is 29.3 Å². The van der Waals surface area contributed by atoms with Crippen molar-refractivity contribution >= 4 is 29.1 Å². The summed E-state index contributed by atoms with van der Waals surface area (Å²) < 4.78 is 5.62. The summed E-state index contributed by atoms with van der Waals surface area (Å²) in [6.45, 7) is 1.68. The molecule has 1 atom stereocenters. The van der Waals surface area contributed by atoms with Crippen LogP contribution >= 0.6 is 11.6 Å². The Balaban J connectivity index is 1.92. The third kappa shape index (κ3) is 6.08. The predicted molar refractivity (Wildman–Crippen MR) is 104 cm³/mol. The first-order valence-corrected chi connectivity index (χ1v) is 8.75. The summed E-state index contributed by atoms with van der Waals surface area (Å²) in [6.07, 6.45) is 0.396. The van der Waals surface area contributed by atoms with Crippen LogP contribution in [0.3, 0.4) is 0 Å². The van der Waals surface area contributed by atoms with Crippen LogP contribution in [0.25, 0.3) is 0 Å². The van der Waals surface area contributed by atoms with Crippen molar-refractivity contribution in [3.63, 3.8) is 0 Å². The van der Waals surface area contributed by atoms with Crippen LogP contribution in [0.15, 0.2) is 48.5 Å². The normalized spacial score (nSPS) is 11.5. The highest BCUT2D eigenvalue weighted by molar-refractivity contribution is 6.30. The Hall–Kier alpha value is -2.53. The van der Waals surface area contributed by atoms with Crippen LogP contribution in [-0.2, 0) is 16.0 Å². The molecule has 6 heteroatoms. The zero-order valence-electron chi connectivity index (χ0n) is 15.2. The predicted octanol–water partition coefficient (Wildman–Crippen LogP) is 3.77. The van der Waals surface area contributed by atoms with Crippen molar-refractivity contribution in [3.05, 3.63) is 59.1 Å². The molecule has 2 aromatic rings. The molecule has 0 aromatic heterocycles. The van der Waals surface area contributed by atoms with Crippen molar-refractivity contribution in [2.75, 3.05) is 19.4 Å². The molecule has 0 bridgehead atoms. The van der Waals surface area contributed by atoms with Gasteiger partial charge in [0.05, 0.1) is 0 Å². The first-order valence-electron chi connectivity index (χ1n) is 8.37. The molecule has 0 spiro atoms. The number of hydrogen-bond acceptors (Lipinski definition) is 3. The van der Waals surface area contributed by atoms with Crippen LogP contribution in [0.2, 0.25) is 5.02 Å². The van der Waals surface area contributed by atoms with Gasteiger partial charge in [-0.3, -0.25) is 9.59 Å². The Kier molecular flexibility index (Phi) is 7.04. The molecule has 2 rings (SSSR count). The fourth-order valence-corrected chi connectivity index (χ4v) is 2.42. The van der Waals surface area contributed by atoms with Crippen molar-refractivity contribution in [2.45, 2.75) is 25.9 Å². The van der Waals surface area contributed by atoms with Gasteiger partial charge in [0.25, 0.3) is 5.91 Å². The minimum absolute atomic E-state index is 0.0735. The molecule has 0 saturated heterocycles. The molecule has 5 nitrogen and oxygen atoms in total. The highest BCUT2D eigenvalue weighted by atomic mass is 35.5. The van der Waals surface area contributed by atoms with E-state index < -0.39 is 6.10 Å². The van der Waals surface area contributed by atoms with E-state index in [9.17, 15) is 9.59 Å². The van der Waals surface area contributed by atoms with Crippen LogP contribution in [0, 0.1) is 0 Å². The lowest BCUT2D eigenvalue weighted by molar-refractivity contribution is -0.128. The first kappa shape index (κ1) is 19.8. The number of hydrogen-bond donors (Lipinski definition) is 1. The molecule has 26 heavy (non-hydrogen) atoms. The molecule has 1 unspecified atom stereocenters. The van der Waals surface area contributed by atoms with E-state index in [1.54, 1.807) is 50.2 Å². The number of carbonyl (C=O) groups excluding carboxylic acids is 2. The van der Waals surface area contributed by atoms with Gasteiger partial charge in [0, 0.05) is 31.2 Å². The average Bonchev–Trinajstić information content (AvgIpc) is 2.61. The number of rotatable bonds is 7. The van der Waals surface area contributed by atoms with Crippen LogP contribution in [-0.4, -0.2) is 36.9 Å². The molecule has 0 heterocycles. The average molecular weight is 375 g/mol. The quantitative estimate of drug-likeness (QED) is 0.802. The van der Waals surface area contributed by atoms with E-state index in [4.69, 9.17) is 16.3 Å². The summed E-state index contributed by atoms with van der Waals surface area (Å²) in [6, 6.07) is 14.3. The lowest BCUT2D eigenvalue weighted by Gasteiger charge is -2.15. The van der Waals surface area contributed by atoms with E-state index in [-0.39, 0.29) is 11.8 Å². The zero-order valence-corrected chi connectivity index (χ0v) is 15.9. The smallest absolute Gasteiger partial charge is 0.265 e. The Morgan fingerprint density at radius 3 is 2.50 bits per heavy atom. The topological polar surface area (TPSA) is 58.6 Å². The second kappa shape index (κ2) is 9.25. The number of nitrogens with one attached hydrogen (secondary N) is 1. The van der Waals surface area contributed by atoms with Gasteiger partial charge >= 0.3 is 0 Å². The van der Waals surface area contributed by atoms with Gasteiger partial charge in [-0.2, -0.15) is 0 Å². The van der Waals surface area contributed by atoms with E-state index in [1.807, 2.05) is 24.3 Å². The lowest BCUT2D eigenvalue weighted by Crippen LogP contribution is -2.30. The number of aryl methyl sites for hydroxylation is 1. The van der Waals surface area contributed by atoms with Crippen LogP contribution in [0.5, 0.6) is 5.75 Å². The van der Waals surface area contributed by atoms with Crippen molar-refractivity contribution in [1.29, 1.82) is 0 Å². The number of amides is 2. The molecule has 0 aliphatic carbocycles. The maximum atomic E-state index is 12.3. The SMILES string of the molecule is CC(Oc1ccc(Cl)cc1)C(=O)Nc1cccc(CCC(=O)N(C)C)c1. The number of ether oxygens (including phenoxy) is 1. The standard InChI is InChI=1S/C20H23ClN2O3/c1-14(26-18-10-8-16(21)9-11-18)20(25)22-17-6-4-5-15(13-17)7-12-19(24)23(2)3/h4-6,8-11,13-14H,7,12H2,1-3H3,(H,22,25). The molecule has 0 aliphatic rings. The van der Waals surface area contributed by atoms with Crippen molar-refractivity contribution in [3.8, 4) is 5.75 Å². The Bertz CT molecular complexity index is 760. The monoisotopic (exact) mass is 374 g/mol. The van der Waals surface area contributed by atoms with Gasteiger partial charge in [-0.25, -0.2) is 0 Å². The maximum Gasteiger partial charge on any atom is 0.265 e. The highest BCUT2D eigenvalue weighted by Crippen LogP contribution is 2.18. The fourth-order valence-electron chi connectivity index (χ4n) is 2.29. The van der Waals surface area contributed by atoms with Crippen LogP contribution in [0.1, 0.15) is 18.9 Å². The fraction of sp³-hybridized carbons (Fsp3) is 0.300. The molecule has 2 amide bonds. The minimum atomic E-state index is -0.657. The lowest BCUT2D eigenvalue weighted by atomic mass is 10.1. The summed E-state index contributed by atoms with van der Waals surface area (Å²) in [5.74, 6) is 0.402. The van der Waals surface area contributed by atoms with E-state index in [0.717, 1.165) is 5.56 Å². The molecule has 2 aromatic carbocycles. The number of carbonyl (C=O) groups is 2. The Morgan fingerprint density at radius 2 is 1.85 bits per heavy atom. The minimum Gasteiger partial charge on any atom is -0.481 e. The van der Waals surface area contributed by atoms with Gasteiger partial charge in [-0.15, -0.1) is 0 Å². The molecular formula is C20H23ClN2O3. The zero-order chi connectivity index (χ0) is 19.1. The van der Waals surface area contributed by atoms with Gasteiger partial charge in [0.15, 0.2) is 6.10 Å². The van der Waals surface area contributed by atoms with Crippen molar-refractivity contribution < 1.29 is 14.3 Å². The summed E-state index contributed by atoms with van der Waals surface area (Å²) in [7, 11) is 3.47. The number of anilines is 1. The van der Waals surface area contributed by atoms with Gasteiger partial charge in [-0.1, -0.05) is 23.7 Å². The molecule has 0 radical (unpaired) electrons. The number of nitrogens with zero attached hydrogens (tertiary/aromatic N) is 1. The summed E-state index contributed by atoms with van der Waals surface area (Å²) >= 11 is 5.84. The van der Waals surface area contributed by atoms with Gasteiger partial charge < -0.3 is 15.0 Å². The van der Waals surface area contributed by atoms with E-state index in [1.165, 1.54) is 0 Å². The third-order valence-electron chi connectivity index (χ3n) is 3.82. The largest absolute Gasteiger partial charge is 0.481 e. The van der Waals surface area contributed by atoms with Gasteiger partial charge in [0.1, 0.15) is 5.75 Å². The van der Waals surface area contributed by atoms with Gasteiger partial charge in [0.2, 0.25) is 5.91 Å². The summed E-state index contributed by atoms with van der Waals surface area (Å²) in [5.41, 5.74) is 1.67. The second-order valence-electron chi connectivity index (χ2n) is 6.19. The van der Waals surface area contributed by atoms with Gasteiger partial charge in [-0.05, 0) is 55.3 Å². The summed E-state index contributed by atoms with van der Waals surface area (Å²) in [5, 5.41) is 3.45. The van der Waals surface area contributed by atoms with E-state index in [2.05, 4.69) is 5.32 Å². The Labute approximate surface area is 158 Å². The van der Waals surface area contributed by atoms with Crippen molar-refractivity contribution in [2.24, 2.45) is 0 Å². The molecule has 0 aliphatic heterocycles.